The molecule has 0 fully saturated rings. The van der Waals surface area contributed by atoms with Gasteiger partial charge in [0.25, 0.3) is 0 Å². The second kappa shape index (κ2) is 5.10. The van der Waals surface area contributed by atoms with Crippen LogP contribution in [0.3, 0.4) is 0 Å². The molecule has 0 bridgehead atoms. The summed E-state index contributed by atoms with van der Waals surface area (Å²) in [6, 6.07) is 5.66. The minimum Gasteiger partial charge on any atom is -0.497 e. The molecule has 0 aliphatic rings. The molecule has 2 rings (SSSR count). The minimum absolute atomic E-state index is 0.174. The van der Waals surface area contributed by atoms with Gasteiger partial charge in [0.05, 0.1) is 13.3 Å². The van der Waals surface area contributed by atoms with Crippen LogP contribution in [0.4, 0.5) is 17.5 Å². The number of nitrogens with zero attached hydrogens (tertiary/aromatic N) is 2. The van der Waals surface area contributed by atoms with Crippen LogP contribution >= 0.6 is 11.6 Å². The van der Waals surface area contributed by atoms with Crippen molar-refractivity contribution >= 4 is 29.1 Å². The number of rotatable bonds is 3. The molecular formula is C12H13ClN4O. The van der Waals surface area contributed by atoms with Gasteiger partial charge in [-0.3, -0.25) is 0 Å². The number of hydrogen-bond acceptors (Lipinski definition) is 5. The molecule has 1 aromatic heterocycles. The van der Waals surface area contributed by atoms with Crippen molar-refractivity contribution in [2.75, 3.05) is 18.2 Å². The third-order valence-electron chi connectivity index (χ3n) is 2.45. The Morgan fingerprint density at radius 2 is 2.17 bits per heavy atom. The number of aryl methyl sites for hydroxylation is 1. The topological polar surface area (TPSA) is 73.1 Å². The molecule has 0 atom stereocenters. The smallest absolute Gasteiger partial charge is 0.222 e. The Balaban J connectivity index is 2.31. The van der Waals surface area contributed by atoms with Crippen molar-refractivity contribution in [3.8, 4) is 5.75 Å². The van der Waals surface area contributed by atoms with Crippen LogP contribution in [-0.2, 0) is 0 Å². The number of nitrogens with one attached hydrogen (secondary N) is 1. The molecule has 0 aliphatic heterocycles. The standard InChI is InChI=1S/C12H13ClN4O/c1-7-5-8(18-2)3-4-10(7)16-11-9(13)6-15-12(14)17-11/h3-6H,1-2H3,(H3,14,15,16,17). The summed E-state index contributed by atoms with van der Waals surface area (Å²) in [5.74, 6) is 1.46. The first-order valence-electron chi connectivity index (χ1n) is 5.30. The molecule has 1 aromatic carbocycles. The molecule has 18 heavy (non-hydrogen) atoms. The van der Waals surface area contributed by atoms with E-state index in [1.54, 1.807) is 7.11 Å². The molecule has 0 amide bonds. The fourth-order valence-corrected chi connectivity index (χ4v) is 1.64. The van der Waals surface area contributed by atoms with E-state index in [1.165, 1.54) is 6.20 Å². The summed E-state index contributed by atoms with van der Waals surface area (Å²) in [4.78, 5) is 7.85. The van der Waals surface area contributed by atoms with Crippen LogP contribution in [0.15, 0.2) is 24.4 Å². The zero-order chi connectivity index (χ0) is 13.1. The molecule has 0 radical (unpaired) electrons. The van der Waals surface area contributed by atoms with Gasteiger partial charge in [-0.15, -0.1) is 0 Å². The molecular weight excluding hydrogens is 252 g/mol. The second-order valence-electron chi connectivity index (χ2n) is 3.73. The van der Waals surface area contributed by atoms with Crippen LogP contribution in [0.2, 0.25) is 5.02 Å². The number of methoxy groups -OCH3 is 1. The highest BCUT2D eigenvalue weighted by Crippen LogP contribution is 2.27. The lowest BCUT2D eigenvalue weighted by Gasteiger charge is -2.11. The first kappa shape index (κ1) is 12.4. The number of ether oxygens (including phenoxy) is 1. The summed E-state index contributed by atoms with van der Waals surface area (Å²) in [6.07, 6.45) is 1.46. The van der Waals surface area contributed by atoms with Crippen LogP contribution in [0, 0.1) is 6.92 Å². The first-order valence-corrected chi connectivity index (χ1v) is 5.67. The van der Waals surface area contributed by atoms with Gasteiger partial charge in [-0.1, -0.05) is 11.6 Å². The SMILES string of the molecule is COc1ccc(Nc2nc(N)ncc2Cl)c(C)c1. The van der Waals surface area contributed by atoms with Crippen molar-refractivity contribution < 1.29 is 4.74 Å². The number of benzene rings is 1. The Morgan fingerprint density at radius 1 is 1.39 bits per heavy atom. The Hall–Kier alpha value is -2.01. The van der Waals surface area contributed by atoms with Crippen LogP contribution in [0.5, 0.6) is 5.75 Å². The lowest BCUT2D eigenvalue weighted by molar-refractivity contribution is 0.414. The highest BCUT2D eigenvalue weighted by molar-refractivity contribution is 6.32. The number of anilines is 3. The maximum atomic E-state index is 5.99. The van der Waals surface area contributed by atoms with E-state index in [4.69, 9.17) is 22.1 Å². The molecule has 0 saturated carbocycles. The summed E-state index contributed by atoms with van der Waals surface area (Å²) in [6.45, 7) is 1.96. The number of nitrogens with two attached hydrogens (primary N) is 1. The molecule has 3 N–H and O–H groups in total. The van der Waals surface area contributed by atoms with Crippen LogP contribution in [0.25, 0.3) is 0 Å². The van der Waals surface area contributed by atoms with Gasteiger partial charge in [0.1, 0.15) is 10.8 Å². The highest BCUT2D eigenvalue weighted by atomic mass is 35.5. The monoisotopic (exact) mass is 264 g/mol. The summed E-state index contributed by atoms with van der Waals surface area (Å²) in [5.41, 5.74) is 7.43. The Morgan fingerprint density at radius 3 is 2.83 bits per heavy atom. The van der Waals surface area contributed by atoms with Crippen molar-refractivity contribution in [1.29, 1.82) is 0 Å². The van der Waals surface area contributed by atoms with Gasteiger partial charge in [0.2, 0.25) is 5.95 Å². The highest BCUT2D eigenvalue weighted by Gasteiger charge is 2.06. The minimum atomic E-state index is 0.174. The maximum Gasteiger partial charge on any atom is 0.222 e. The quantitative estimate of drug-likeness (QED) is 0.892. The van der Waals surface area contributed by atoms with Crippen molar-refractivity contribution in [2.24, 2.45) is 0 Å². The molecule has 0 aliphatic carbocycles. The van der Waals surface area contributed by atoms with E-state index >= 15 is 0 Å². The number of nitrogen functional groups attached to an aromatic ring is 1. The van der Waals surface area contributed by atoms with Gasteiger partial charge < -0.3 is 15.8 Å². The van der Waals surface area contributed by atoms with Gasteiger partial charge in [-0.2, -0.15) is 4.98 Å². The molecule has 0 spiro atoms. The summed E-state index contributed by atoms with van der Waals surface area (Å²) < 4.78 is 5.14. The van der Waals surface area contributed by atoms with Crippen LogP contribution in [-0.4, -0.2) is 17.1 Å². The van der Waals surface area contributed by atoms with E-state index < -0.39 is 0 Å². The summed E-state index contributed by atoms with van der Waals surface area (Å²) in [5, 5.41) is 3.53. The average Bonchev–Trinajstić information content (AvgIpc) is 2.36. The predicted molar refractivity (Wildman–Crippen MR) is 72.5 cm³/mol. The third-order valence-corrected chi connectivity index (χ3v) is 2.73. The van der Waals surface area contributed by atoms with Crippen molar-refractivity contribution in [1.82, 2.24) is 9.97 Å². The Bertz CT molecular complexity index is 574. The number of hydrogen-bond donors (Lipinski definition) is 2. The van der Waals surface area contributed by atoms with E-state index in [1.807, 2.05) is 25.1 Å². The van der Waals surface area contributed by atoms with Crippen LogP contribution in [0.1, 0.15) is 5.56 Å². The fourth-order valence-electron chi connectivity index (χ4n) is 1.50. The summed E-state index contributed by atoms with van der Waals surface area (Å²) in [7, 11) is 1.63. The fraction of sp³-hybridized carbons (Fsp3) is 0.167. The van der Waals surface area contributed by atoms with Gasteiger partial charge >= 0.3 is 0 Å². The van der Waals surface area contributed by atoms with Gasteiger partial charge in [0, 0.05) is 5.69 Å². The second-order valence-corrected chi connectivity index (χ2v) is 4.14. The molecule has 1 heterocycles. The van der Waals surface area contributed by atoms with Crippen molar-refractivity contribution in [3.63, 3.8) is 0 Å². The zero-order valence-electron chi connectivity index (χ0n) is 10.1. The van der Waals surface area contributed by atoms with Crippen molar-refractivity contribution in [3.05, 3.63) is 35.0 Å². The van der Waals surface area contributed by atoms with Crippen molar-refractivity contribution in [2.45, 2.75) is 6.92 Å². The van der Waals surface area contributed by atoms with E-state index in [0.717, 1.165) is 17.0 Å². The lowest BCUT2D eigenvalue weighted by Crippen LogP contribution is -2.01. The first-order chi connectivity index (χ1) is 8.60. The van der Waals surface area contributed by atoms with E-state index in [-0.39, 0.29) is 5.95 Å². The molecule has 6 heteroatoms. The van der Waals surface area contributed by atoms with Crippen LogP contribution < -0.4 is 15.8 Å². The molecule has 0 unspecified atom stereocenters. The van der Waals surface area contributed by atoms with E-state index in [9.17, 15) is 0 Å². The Labute approximate surface area is 110 Å². The van der Waals surface area contributed by atoms with Gasteiger partial charge in [-0.25, -0.2) is 4.98 Å². The normalized spacial score (nSPS) is 10.2. The molecule has 0 saturated heterocycles. The molecule has 5 nitrogen and oxygen atoms in total. The van der Waals surface area contributed by atoms with Gasteiger partial charge in [0.15, 0.2) is 5.82 Å². The predicted octanol–water partition coefficient (Wildman–Crippen LogP) is 2.77. The molecule has 2 aromatic rings. The van der Waals surface area contributed by atoms with E-state index in [0.29, 0.717) is 10.8 Å². The Kier molecular flexibility index (Phi) is 3.53. The largest absolute Gasteiger partial charge is 0.497 e. The van der Waals surface area contributed by atoms with E-state index in [2.05, 4.69) is 15.3 Å². The van der Waals surface area contributed by atoms with Gasteiger partial charge in [-0.05, 0) is 30.7 Å². The average molecular weight is 265 g/mol. The maximum absolute atomic E-state index is 5.99. The number of halogens is 1. The zero-order valence-corrected chi connectivity index (χ0v) is 10.8. The molecule has 94 valence electrons. The summed E-state index contributed by atoms with van der Waals surface area (Å²) >= 11 is 5.99. The number of aromatic nitrogens is 2. The lowest BCUT2D eigenvalue weighted by atomic mass is 10.2. The third kappa shape index (κ3) is 2.62.